The van der Waals surface area contributed by atoms with E-state index in [9.17, 15) is 4.79 Å². The van der Waals surface area contributed by atoms with Gasteiger partial charge in [0, 0.05) is 12.1 Å². The molecular formula is C14H19ClN2O3. The Hall–Kier alpha value is -1.46. The highest BCUT2D eigenvalue weighted by Gasteiger charge is 2.22. The minimum absolute atomic E-state index is 0.0626. The van der Waals surface area contributed by atoms with E-state index in [1.807, 2.05) is 0 Å². The zero-order valence-corrected chi connectivity index (χ0v) is 12.4. The van der Waals surface area contributed by atoms with Crippen LogP contribution in [0.1, 0.15) is 19.3 Å². The number of methoxy groups -OCH3 is 2. The summed E-state index contributed by atoms with van der Waals surface area (Å²) in [5.74, 6) is 0.951. The Balaban J connectivity index is 2.16. The van der Waals surface area contributed by atoms with Crippen LogP contribution in [-0.2, 0) is 4.79 Å². The normalized spacial score (nSPS) is 18.4. The van der Waals surface area contributed by atoms with E-state index in [-0.39, 0.29) is 11.9 Å². The first-order valence-electron chi connectivity index (χ1n) is 6.61. The summed E-state index contributed by atoms with van der Waals surface area (Å²) in [6, 6.07) is 3.14. The first-order chi connectivity index (χ1) is 9.65. The molecule has 1 unspecified atom stereocenters. The third kappa shape index (κ3) is 3.35. The molecule has 0 spiro atoms. The topological polar surface area (TPSA) is 59.6 Å². The van der Waals surface area contributed by atoms with Crippen LogP contribution >= 0.6 is 11.6 Å². The summed E-state index contributed by atoms with van der Waals surface area (Å²) in [4.78, 5) is 12.2. The molecule has 0 saturated carbocycles. The fourth-order valence-corrected chi connectivity index (χ4v) is 2.48. The van der Waals surface area contributed by atoms with Gasteiger partial charge in [-0.25, -0.2) is 0 Å². The van der Waals surface area contributed by atoms with Crippen molar-refractivity contribution in [2.45, 2.75) is 25.3 Å². The summed E-state index contributed by atoms with van der Waals surface area (Å²) in [6.07, 6.45) is 3.02. The van der Waals surface area contributed by atoms with Crippen molar-refractivity contribution in [1.29, 1.82) is 0 Å². The van der Waals surface area contributed by atoms with Crippen molar-refractivity contribution in [2.75, 3.05) is 26.1 Å². The molecule has 0 aliphatic carbocycles. The van der Waals surface area contributed by atoms with Crippen LogP contribution in [-0.4, -0.2) is 32.7 Å². The first kappa shape index (κ1) is 14.9. The first-order valence-corrected chi connectivity index (χ1v) is 6.99. The lowest BCUT2D eigenvalue weighted by molar-refractivity contribution is -0.118. The number of nitrogens with one attached hydrogen (secondary N) is 2. The van der Waals surface area contributed by atoms with Gasteiger partial charge in [0.05, 0.1) is 31.0 Å². The van der Waals surface area contributed by atoms with Gasteiger partial charge in [0.15, 0.2) is 0 Å². The summed E-state index contributed by atoms with van der Waals surface area (Å²) in [5.41, 5.74) is 0.561. The number of carbonyl (C=O) groups excluding carboxylic acids is 1. The largest absolute Gasteiger partial charge is 0.495 e. The second-order valence-electron chi connectivity index (χ2n) is 4.68. The number of ether oxygens (including phenoxy) is 2. The van der Waals surface area contributed by atoms with E-state index in [0.29, 0.717) is 22.2 Å². The number of hydrogen-bond acceptors (Lipinski definition) is 4. The average molecular weight is 299 g/mol. The Morgan fingerprint density at radius 2 is 2.05 bits per heavy atom. The minimum Gasteiger partial charge on any atom is -0.495 e. The predicted molar refractivity (Wildman–Crippen MR) is 78.8 cm³/mol. The maximum absolute atomic E-state index is 12.2. The monoisotopic (exact) mass is 298 g/mol. The lowest BCUT2D eigenvalue weighted by Crippen LogP contribution is -2.43. The van der Waals surface area contributed by atoms with E-state index in [1.165, 1.54) is 14.2 Å². The van der Waals surface area contributed by atoms with Gasteiger partial charge in [0.25, 0.3) is 0 Å². The number of rotatable bonds is 4. The fraction of sp³-hybridized carbons (Fsp3) is 0.500. The highest BCUT2D eigenvalue weighted by Crippen LogP contribution is 2.36. The molecule has 110 valence electrons. The summed E-state index contributed by atoms with van der Waals surface area (Å²) in [6.45, 7) is 0.874. The molecule has 1 fully saturated rings. The SMILES string of the molecule is COc1cc(NC(=O)C2CCCCN2)c(OC)cc1Cl. The van der Waals surface area contributed by atoms with Gasteiger partial charge in [0.2, 0.25) is 5.91 Å². The quantitative estimate of drug-likeness (QED) is 0.896. The Morgan fingerprint density at radius 1 is 1.30 bits per heavy atom. The van der Waals surface area contributed by atoms with Crippen molar-refractivity contribution in [2.24, 2.45) is 0 Å². The molecule has 1 atom stereocenters. The third-order valence-corrected chi connectivity index (χ3v) is 3.65. The van der Waals surface area contributed by atoms with Crippen LogP contribution in [0.15, 0.2) is 12.1 Å². The van der Waals surface area contributed by atoms with Gasteiger partial charge < -0.3 is 20.1 Å². The number of halogens is 1. The molecule has 6 heteroatoms. The Bertz CT molecular complexity index is 488. The van der Waals surface area contributed by atoms with Crippen molar-refractivity contribution in [1.82, 2.24) is 5.32 Å². The number of hydrogen-bond donors (Lipinski definition) is 2. The Morgan fingerprint density at radius 3 is 2.65 bits per heavy atom. The molecule has 2 N–H and O–H groups in total. The van der Waals surface area contributed by atoms with Gasteiger partial charge >= 0.3 is 0 Å². The standard InChI is InChI=1S/C14H19ClN2O3/c1-19-12-8-11(13(20-2)7-9(12)15)17-14(18)10-5-3-4-6-16-10/h7-8,10,16H,3-6H2,1-2H3,(H,17,18). The van der Waals surface area contributed by atoms with E-state index >= 15 is 0 Å². The molecule has 0 bridgehead atoms. The number of benzene rings is 1. The molecule has 2 rings (SSSR count). The van der Waals surface area contributed by atoms with Gasteiger partial charge in [-0.05, 0) is 19.4 Å². The molecule has 20 heavy (non-hydrogen) atoms. The minimum atomic E-state index is -0.157. The lowest BCUT2D eigenvalue weighted by atomic mass is 10.0. The van der Waals surface area contributed by atoms with E-state index in [4.69, 9.17) is 21.1 Å². The molecule has 1 aromatic carbocycles. The molecule has 0 radical (unpaired) electrons. The zero-order chi connectivity index (χ0) is 14.5. The molecule has 1 amide bonds. The maximum atomic E-state index is 12.2. The van der Waals surface area contributed by atoms with Crippen molar-refractivity contribution < 1.29 is 14.3 Å². The van der Waals surface area contributed by atoms with E-state index in [2.05, 4.69) is 10.6 Å². The molecule has 0 aromatic heterocycles. The molecule has 1 saturated heterocycles. The van der Waals surface area contributed by atoms with Crippen LogP contribution in [0.3, 0.4) is 0 Å². The fourth-order valence-electron chi connectivity index (χ4n) is 2.25. The van der Waals surface area contributed by atoms with Crippen LogP contribution in [0, 0.1) is 0 Å². The smallest absolute Gasteiger partial charge is 0.241 e. The number of anilines is 1. The van der Waals surface area contributed by atoms with Crippen LogP contribution in [0.5, 0.6) is 11.5 Å². The molecule has 1 aliphatic heterocycles. The summed E-state index contributed by atoms with van der Waals surface area (Å²) >= 11 is 6.04. The van der Waals surface area contributed by atoms with E-state index in [1.54, 1.807) is 12.1 Å². The van der Waals surface area contributed by atoms with Gasteiger partial charge in [-0.15, -0.1) is 0 Å². The van der Waals surface area contributed by atoms with Crippen LogP contribution in [0.25, 0.3) is 0 Å². The van der Waals surface area contributed by atoms with Crippen LogP contribution < -0.4 is 20.1 Å². The van der Waals surface area contributed by atoms with Gasteiger partial charge in [-0.1, -0.05) is 18.0 Å². The highest BCUT2D eigenvalue weighted by atomic mass is 35.5. The van der Waals surface area contributed by atoms with Crippen molar-refractivity contribution >= 4 is 23.2 Å². The van der Waals surface area contributed by atoms with Crippen LogP contribution in [0.2, 0.25) is 5.02 Å². The number of amides is 1. The molecule has 1 heterocycles. The summed E-state index contributed by atoms with van der Waals surface area (Å²) in [7, 11) is 3.06. The van der Waals surface area contributed by atoms with E-state index < -0.39 is 0 Å². The second kappa shape index (κ2) is 6.81. The number of carbonyl (C=O) groups is 1. The lowest BCUT2D eigenvalue weighted by Gasteiger charge is -2.23. The molecular weight excluding hydrogens is 280 g/mol. The van der Waals surface area contributed by atoms with Crippen LogP contribution in [0.4, 0.5) is 5.69 Å². The number of piperidine rings is 1. The average Bonchev–Trinajstić information content (AvgIpc) is 2.49. The molecule has 1 aliphatic rings. The third-order valence-electron chi connectivity index (χ3n) is 3.36. The summed E-state index contributed by atoms with van der Waals surface area (Å²) in [5, 5.41) is 6.52. The highest BCUT2D eigenvalue weighted by molar-refractivity contribution is 6.32. The molecule has 1 aromatic rings. The second-order valence-corrected chi connectivity index (χ2v) is 5.09. The zero-order valence-electron chi connectivity index (χ0n) is 11.7. The van der Waals surface area contributed by atoms with Gasteiger partial charge in [-0.2, -0.15) is 0 Å². The van der Waals surface area contributed by atoms with Crippen molar-refractivity contribution in [3.8, 4) is 11.5 Å². The Kier molecular flexibility index (Phi) is 5.09. The van der Waals surface area contributed by atoms with Crippen molar-refractivity contribution in [3.05, 3.63) is 17.2 Å². The maximum Gasteiger partial charge on any atom is 0.241 e. The van der Waals surface area contributed by atoms with Crippen molar-refractivity contribution in [3.63, 3.8) is 0 Å². The Labute approximate surface area is 123 Å². The van der Waals surface area contributed by atoms with Gasteiger partial charge in [0.1, 0.15) is 11.5 Å². The summed E-state index contributed by atoms with van der Waals surface area (Å²) < 4.78 is 10.4. The van der Waals surface area contributed by atoms with Gasteiger partial charge in [-0.3, -0.25) is 4.79 Å². The predicted octanol–water partition coefficient (Wildman–Crippen LogP) is 2.44. The van der Waals surface area contributed by atoms with E-state index in [0.717, 1.165) is 25.8 Å². The molecule has 5 nitrogen and oxygen atoms in total.